The monoisotopic (exact) mass is 131 g/mol. The predicted octanol–water partition coefficient (Wildman–Crippen LogP) is 0.221. The van der Waals surface area contributed by atoms with Gasteiger partial charge in [-0.25, -0.2) is 0 Å². The molecule has 1 fully saturated rings. The molecule has 0 aliphatic carbocycles. The summed E-state index contributed by atoms with van der Waals surface area (Å²) in [6, 6.07) is 0.181. The molecule has 3 nitrogen and oxygen atoms in total. The predicted molar refractivity (Wildman–Crippen MR) is 33.2 cm³/mol. The molecule has 0 spiro atoms. The molecule has 1 heterocycles. The van der Waals surface area contributed by atoms with Gasteiger partial charge in [0.05, 0.1) is 12.6 Å². The van der Waals surface area contributed by atoms with E-state index < -0.39 is 0 Å². The lowest BCUT2D eigenvalue weighted by Gasteiger charge is -2.13. The molecule has 2 unspecified atom stereocenters. The average Bonchev–Trinajstić information content (AvgIpc) is 2.10. The molecule has 3 heteroatoms. The Balaban J connectivity index is 2.38. The highest BCUT2D eigenvalue weighted by Crippen LogP contribution is 2.17. The third-order valence-corrected chi connectivity index (χ3v) is 1.83. The van der Waals surface area contributed by atoms with Gasteiger partial charge >= 0.3 is 0 Å². The van der Waals surface area contributed by atoms with Crippen LogP contribution in [0.25, 0.3) is 0 Å². The number of hydrogen-bond donors (Lipinski definition) is 2. The summed E-state index contributed by atoms with van der Waals surface area (Å²) in [5.41, 5.74) is 0. The summed E-state index contributed by atoms with van der Waals surface area (Å²) in [4.78, 5) is 0. The zero-order chi connectivity index (χ0) is 6.85. The van der Waals surface area contributed by atoms with E-state index >= 15 is 0 Å². The Kier molecular flexibility index (Phi) is 2.05. The van der Waals surface area contributed by atoms with Gasteiger partial charge in [0.1, 0.15) is 0 Å². The van der Waals surface area contributed by atoms with E-state index in [9.17, 15) is 0 Å². The van der Waals surface area contributed by atoms with Crippen LogP contribution in [0.1, 0.15) is 19.8 Å². The number of rotatable bonds is 1. The normalized spacial score (nSPS) is 37.7. The van der Waals surface area contributed by atoms with Crippen LogP contribution in [0.15, 0.2) is 0 Å². The first-order valence-corrected chi connectivity index (χ1v) is 3.37. The molecule has 1 saturated heterocycles. The van der Waals surface area contributed by atoms with Gasteiger partial charge in [0.2, 0.25) is 0 Å². The summed E-state index contributed by atoms with van der Waals surface area (Å²) < 4.78 is 0. The summed E-state index contributed by atoms with van der Waals surface area (Å²) in [6.45, 7) is 2.42. The van der Waals surface area contributed by atoms with Gasteiger partial charge in [-0.3, -0.25) is 0 Å². The maximum Gasteiger partial charge on any atom is 0.0706 e. The van der Waals surface area contributed by atoms with E-state index in [0.717, 1.165) is 6.42 Å². The Morgan fingerprint density at radius 3 is 2.56 bits per heavy atom. The first-order valence-electron chi connectivity index (χ1n) is 3.37. The van der Waals surface area contributed by atoms with Crippen molar-refractivity contribution in [3.63, 3.8) is 0 Å². The van der Waals surface area contributed by atoms with Crippen molar-refractivity contribution in [2.75, 3.05) is 6.54 Å². The molecule has 54 valence electrons. The molecular weight excluding hydrogens is 118 g/mol. The summed E-state index contributed by atoms with van der Waals surface area (Å²) in [5, 5.41) is 19.3. The van der Waals surface area contributed by atoms with Crippen molar-refractivity contribution in [1.82, 2.24) is 5.06 Å². The summed E-state index contributed by atoms with van der Waals surface area (Å²) >= 11 is 0. The minimum absolute atomic E-state index is 0.181. The van der Waals surface area contributed by atoms with Crippen molar-refractivity contribution in [1.29, 1.82) is 0 Å². The smallest absolute Gasteiger partial charge is 0.0706 e. The summed E-state index contributed by atoms with van der Waals surface area (Å²) in [5.74, 6) is 0. The number of nitrogens with zero attached hydrogens (tertiary/aromatic N) is 1. The molecule has 0 amide bonds. The van der Waals surface area contributed by atoms with Crippen molar-refractivity contribution in [3.05, 3.63) is 0 Å². The molecule has 2 N–H and O–H groups in total. The third-order valence-electron chi connectivity index (χ3n) is 1.83. The van der Waals surface area contributed by atoms with E-state index in [-0.39, 0.29) is 12.1 Å². The molecule has 0 saturated carbocycles. The average molecular weight is 131 g/mol. The molecule has 2 atom stereocenters. The molecule has 0 bridgehead atoms. The van der Waals surface area contributed by atoms with Gasteiger partial charge in [-0.05, 0) is 12.8 Å². The number of hydrogen-bond acceptors (Lipinski definition) is 3. The molecule has 1 aliphatic rings. The SMILES string of the molecule is CCC1CC(O)CN1O. The highest BCUT2D eigenvalue weighted by atomic mass is 16.5. The van der Waals surface area contributed by atoms with E-state index in [1.54, 1.807) is 0 Å². The lowest BCUT2D eigenvalue weighted by atomic mass is 10.1. The Morgan fingerprint density at radius 1 is 1.67 bits per heavy atom. The Labute approximate surface area is 54.9 Å². The molecule has 0 aromatic carbocycles. The maximum atomic E-state index is 9.03. The molecular formula is C6H13NO2. The molecule has 1 aliphatic heterocycles. The van der Waals surface area contributed by atoms with E-state index in [4.69, 9.17) is 10.3 Å². The number of aliphatic hydroxyl groups is 1. The fraction of sp³-hybridized carbons (Fsp3) is 1.00. The van der Waals surface area contributed by atoms with Crippen molar-refractivity contribution in [2.24, 2.45) is 0 Å². The Morgan fingerprint density at radius 2 is 2.33 bits per heavy atom. The van der Waals surface area contributed by atoms with Crippen molar-refractivity contribution >= 4 is 0 Å². The fourth-order valence-electron chi connectivity index (χ4n) is 1.25. The lowest BCUT2D eigenvalue weighted by molar-refractivity contribution is -0.107. The van der Waals surface area contributed by atoms with Gasteiger partial charge in [0, 0.05) is 6.04 Å². The standard InChI is InChI=1S/C6H13NO2/c1-2-5-3-6(8)4-7(5)9/h5-6,8-9H,2-4H2,1H3. The second-order valence-electron chi connectivity index (χ2n) is 2.57. The largest absolute Gasteiger partial charge is 0.392 e. The lowest BCUT2D eigenvalue weighted by Crippen LogP contribution is -2.24. The Hall–Kier alpha value is -0.120. The highest BCUT2D eigenvalue weighted by molar-refractivity contribution is 4.78. The van der Waals surface area contributed by atoms with Gasteiger partial charge < -0.3 is 10.3 Å². The molecule has 1 rings (SSSR count). The second-order valence-corrected chi connectivity index (χ2v) is 2.57. The Bertz CT molecular complexity index is 97.1. The quantitative estimate of drug-likeness (QED) is 0.535. The van der Waals surface area contributed by atoms with Crippen LogP contribution in [0.4, 0.5) is 0 Å². The van der Waals surface area contributed by atoms with Gasteiger partial charge in [0.25, 0.3) is 0 Å². The van der Waals surface area contributed by atoms with Crippen LogP contribution < -0.4 is 0 Å². The molecule has 0 radical (unpaired) electrons. The molecule has 0 aromatic heterocycles. The van der Waals surface area contributed by atoms with Crippen molar-refractivity contribution in [2.45, 2.75) is 31.9 Å². The van der Waals surface area contributed by atoms with Gasteiger partial charge in [0.15, 0.2) is 0 Å². The summed E-state index contributed by atoms with van der Waals surface area (Å²) in [7, 11) is 0. The first-order chi connectivity index (χ1) is 4.24. The van der Waals surface area contributed by atoms with Crippen LogP contribution in [-0.4, -0.2) is 34.1 Å². The number of aliphatic hydroxyl groups excluding tert-OH is 1. The zero-order valence-corrected chi connectivity index (χ0v) is 5.62. The second kappa shape index (κ2) is 2.64. The van der Waals surface area contributed by atoms with Gasteiger partial charge in [-0.15, -0.1) is 0 Å². The fourth-order valence-corrected chi connectivity index (χ4v) is 1.25. The first kappa shape index (κ1) is 6.99. The molecule has 9 heavy (non-hydrogen) atoms. The van der Waals surface area contributed by atoms with Crippen LogP contribution in [0.5, 0.6) is 0 Å². The number of β-amino-alcohol motifs (C(OH)–C–C–N with tert-alkyl or cyclic N) is 1. The van der Waals surface area contributed by atoms with E-state index in [1.807, 2.05) is 6.92 Å². The van der Waals surface area contributed by atoms with Gasteiger partial charge in [-0.2, -0.15) is 5.06 Å². The van der Waals surface area contributed by atoms with E-state index in [1.165, 1.54) is 5.06 Å². The maximum absolute atomic E-state index is 9.03. The summed E-state index contributed by atoms with van der Waals surface area (Å²) in [6.07, 6.45) is 1.31. The zero-order valence-electron chi connectivity index (χ0n) is 5.62. The van der Waals surface area contributed by atoms with Crippen LogP contribution in [0, 0.1) is 0 Å². The highest BCUT2D eigenvalue weighted by Gasteiger charge is 2.27. The number of hydroxylamine groups is 2. The van der Waals surface area contributed by atoms with E-state index in [0.29, 0.717) is 13.0 Å². The van der Waals surface area contributed by atoms with Gasteiger partial charge in [-0.1, -0.05) is 6.92 Å². The van der Waals surface area contributed by atoms with E-state index in [2.05, 4.69) is 0 Å². The van der Waals surface area contributed by atoms with Crippen LogP contribution in [-0.2, 0) is 0 Å². The molecule has 0 aromatic rings. The third kappa shape index (κ3) is 1.41. The minimum atomic E-state index is -0.319. The topological polar surface area (TPSA) is 43.7 Å². The van der Waals surface area contributed by atoms with Crippen molar-refractivity contribution in [3.8, 4) is 0 Å². The van der Waals surface area contributed by atoms with Crippen molar-refractivity contribution < 1.29 is 10.3 Å². The van der Waals surface area contributed by atoms with Crippen LogP contribution >= 0.6 is 0 Å². The van der Waals surface area contributed by atoms with Crippen LogP contribution in [0.3, 0.4) is 0 Å². The van der Waals surface area contributed by atoms with Crippen LogP contribution in [0.2, 0.25) is 0 Å². The minimum Gasteiger partial charge on any atom is -0.392 e.